The van der Waals surface area contributed by atoms with E-state index in [2.05, 4.69) is 20.2 Å². The van der Waals surface area contributed by atoms with Gasteiger partial charge in [0.1, 0.15) is 6.61 Å². The predicted molar refractivity (Wildman–Crippen MR) is 90.1 cm³/mol. The van der Waals surface area contributed by atoms with Crippen LogP contribution in [-0.4, -0.2) is 57.6 Å². The molecule has 2 aromatic heterocycles. The molecule has 9 heteroatoms. The quantitative estimate of drug-likeness (QED) is 0.702. The summed E-state index contributed by atoms with van der Waals surface area (Å²) < 4.78 is 19.0. The Balaban J connectivity index is 1.38. The molecule has 5 rings (SSSR count). The molecule has 8 nitrogen and oxygen atoms in total. The maximum Gasteiger partial charge on any atom is 0.234 e. The van der Waals surface area contributed by atoms with Gasteiger partial charge in [0.2, 0.25) is 4.96 Å². The molecule has 3 aromatic rings. The molecule has 1 saturated heterocycles. The fourth-order valence-electron chi connectivity index (χ4n) is 3.00. The molecule has 0 N–H and O–H groups in total. The Morgan fingerprint density at radius 2 is 1.96 bits per heavy atom. The van der Waals surface area contributed by atoms with E-state index in [9.17, 15) is 0 Å². The molecular weight excluding hydrogens is 342 g/mol. The monoisotopic (exact) mass is 359 g/mol. The number of nitrogens with zero attached hydrogens (tertiary/aromatic N) is 5. The number of hydrogen-bond donors (Lipinski definition) is 0. The molecule has 2 aliphatic rings. The largest absolute Gasteiger partial charge is 0.485 e. The maximum atomic E-state index is 6.04. The molecule has 0 amide bonds. The number of benzene rings is 1. The maximum absolute atomic E-state index is 6.04. The van der Waals surface area contributed by atoms with E-state index < -0.39 is 0 Å². The van der Waals surface area contributed by atoms with Crippen molar-refractivity contribution in [3.8, 4) is 11.5 Å². The second-order valence-electron chi connectivity index (χ2n) is 6.00. The summed E-state index contributed by atoms with van der Waals surface area (Å²) in [7, 11) is 0. The van der Waals surface area contributed by atoms with Crippen LogP contribution in [0.25, 0.3) is 4.96 Å². The Morgan fingerprint density at radius 3 is 2.84 bits per heavy atom. The second kappa shape index (κ2) is 6.25. The van der Waals surface area contributed by atoms with Gasteiger partial charge in [-0.1, -0.05) is 23.5 Å². The van der Waals surface area contributed by atoms with Crippen molar-refractivity contribution >= 4 is 16.3 Å². The third-order valence-corrected chi connectivity index (χ3v) is 5.31. The molecule has 2 aliphatic heterocycles. The van der Waals surface area contributed by atoms with Gasteiger partial charge in [0.05, 0.1) is 19.8 Å². The molecule has 0 bridgehead atoms. The van der Waals surface area contributed by atoms with Crippen molar-refractivity contribution < 1.29 is 14.2 Å². The fraction of sp³-hybridized carbons (Fsp3) is 0.438. The lowest BCUT2D eigenvalue weighted by Gasteiger charge is -2.25. The van der Waals surface area contributed by atoms with E-state index in [4.69, 9.17) is 14.2 Å². The molecule has 25 heavy (non-hydrogen) atoms. The Labute approximate surface area is 147 Å². The number of hydrogen-bond acceptors (Lipinski definition) is 8. The van der Waals surface area contributed by atoms with Crippen molar-refractivity contribution in [1.82, 2.24) is 24.7 Å². The van der Waals surface area contributed by atoms with Crippen LogP contribution in [0.4, 0.5) is 0 Å². The summed E-state index contributed by atoms with van der Waals surface area (Å²) in [6, 6.07) is 7.68. The van der Waals surface area contributed by atoms with Crippen molar-refractivity contribution in [3.05, 3.63) is 35.1 Å². The van der Waals surface area contributed by atoms with Crippen LogP contribution >= 0.6 is 11.3 Å². The molecule has 1 fully saturated rings. The fourth-order valence-corrected chi connectivity index (χ4v) is 3.87. The summed E-state index contributed by atoms with van der Waals surface area (Å²) in [5, 5.41) is 14.1. The molecule has 4 heterocycles. The van der Waals surface area contributed by atoms with Crippen molar-refractivity contribution in [2.75, 3.05) is 32.9 Å². The van der Waals surface area contributed by atoms with Gasteiger partial charge in [-0.15, -0.1) is 10.2 Å². The highest BCUT2D eigenvalue weighted by atomic mass is 32.1. The molecular formula is C16H17N5O3S. The standard InChI is InChI=1S/C16H17N5O3S/c1-2-4-12-11(3-1)23-10-13(24-12)15-19-21-14(17-18-16(21)25-15)9-20-5-7-22-8-6-20/h1-4,13H,5-10H2. The van der Waals surface area contributed by atoms with Crippen molar-refractivity contribution in [2.45, 2.75) is 12.6 Å². The summed E-state index contributed by atoms with van der Waals surface area (Å²) in [5.74, 6) is 2.37. The minimum atomic E-state index is -0.224. The highest BCUT2D eigenvalue weighted by Gasteiger charge is 2.27. The second-order valence-corrected chi connectivity index (χ2v) is 6.99. The SMILES string of the molecule is c1ccc2c(c1)OCC(c1nn3c(CN4CCOCC4)nnc3s1)O2. The van der Waals surface area contributed by atoms with E-state index in [0.29, 0.717) is 6.61 Å². The van der Waals surface area contributed by atoms with Gasteiger partial charge in [0, 0.05) is 13.1 Å². The van der Waals surface area contributed by atoms with Crippen molar-refractivity contribution in [2.24, 2.45) is 0 Å². The number of fused-ring (bicyclic) bond motifs is 2. The molecule has 0 radical (unpaired) electrons. The van der Waals surface area contributed by atoms with Gasteiger partial charge < -0.3 is 14.2 Å². The Kier molecular flexibility index (Phi) is 3.76. The average Bonchev–Trinajstić information content (AvgIpc) is 3.24. The molecule has 1 atom stereocenters. The number of ether oxygens (including phenoxy) is 3. The van der Waals surface area contributed by atoms with Gasteiger partial charge in [-0.05, 0) is 12.1 Å². The highest BCUT2D eigenvalue weighted by molar-refractivity contribution is 7.16. The normalized spacial score (nSPS) is 20.9. The van der Waals surface area contributed by atoms with Gasteiger partial charge in [-0.3, -0.25) is 4.90 Å². The summed E-state index contributed by atoms with van der Waals surface area (Å²) in [5.41, 5.74) is 0. The lowest BCUT2D eigenvalue weighted by atomic mass is 10.3. The Hall–Kier alpha value is -2.23. The summed E-state index contributed by atoms with van der Waals surface area (Å²) in [6.07, 6.45) is -0.224. The molecule has 1 aromatic carbocycles. The van der Waals surface area contributed by atoms with Gasteiger partial charge in [-0.2, -0.15) is 9.61 Å². The zero-order valence-electron chi connectivity index (χ0n) is 13.5. The zero-order valence-corrected chi connectivity index (χ0v) is 14.3. The van der Waals surface area contributed by atoms with Crippen LogP contribution in [0.15, 0.2) is 24.3 Å². The first-order chi connectivity index (χ1) is 12.4. The van der Waals surface area contributed by atoms with Crippen LogP contribution in [0, 0.1) is 0 Å². The molecule has 130 valence electrons. The van der Waals surface area contributed by atoms with Crippen LogP contribution < -0.4 is 9.47 Å². The van der Waals surface area contributed by atoms with Gasteiger partial charge in [-0.25, -0.2) is 0 Å². The minimum absolute atomic E-state index is 0.224. The smallest absolute Gasteiger partial charge is 0.234 e. The van der Waals surface area contributed by atoms with Crippen LogP contribution in [0.3, 0.4) is 0 Å². The van der Waals surface area contributed by atoms with Crippen LogP contribution in [-0.2, 0) is 11.3 Å². The topological polar surface area (TPSA) is 74.0 Å². The number of aromatic nitrogens is 4. The van der Waals surface area contributed by atoms with E-state index >= 15 is 0 Å². The van der Waals surface area contributed by atoms with Gasteiger partial charge in [0.15, 0.2) is 28.4 Å². The Bertz CT molecular complexity index is 889. The van der Waals surface area contributed by atoms with Crippen LogP contribution in [0.1, 0.15) is 16.9 Å². The predicted octanol–water partition coefficient (Wildman–Crippen LogP) is 1.53. The lowest BCUT2D eigenvalue weighted by Crippen LogP contribution is -2.36. The zero-order chi connectivity index (χ0) is 16.6. The third-order valence-electron chi connectivity index (χ3n) is 4.32. The minimum Gasteiger partial charge on any atom is -0.485 e. The lowest BCUT2D eigenvalue weighted by molar-refractivity contribution is 0.0327. The molecule has 1 unspecified atom stereocenters. The van der Waals surface area contributed by atoms with Gasteiger partial charge in [0.25, 0.3) is 0 Å². The summed E-state index contributed by atoms with van der Waals surface area (Å²) in [6.45, 7) is 4.50. The van der Waals surface area contributed by atoms with E-state index in [0.717, 1.165) is 60.1 Å². The third kappa shape index (κ3) is 2.84. The van der Waals surface area contributed by atoms with Crippen molar-refractivity contribution in [3.63, 3.8) is 0 Å². The average molecular weight is 359 g/mol. The first-order valence-corrected chi connectivity index (χ1v) is 9.08. The first kappa shape index (κ1) is 15.1. The number of morpholine rings is 1. The van der Waals surface area contributed by atoms with E-state index in [-0.39, 0.29) is 6.10 Å². The summed E-state index contributed by atoms with van der Waals surface area (Å²) >= 11 is 1.49. The Morgan fingerprint density at radius 1 is 1.12 bits per heavy atom. The van der Waals surface area contributed by atoms with E-state index in [1.54, 1.807) is 0 Å². The number of rotatable bonds is 3. The van der Waals surface area contributed by atoms with Crippen LogP contribution in [0.2, 0.25) is 0 Å². The number of para-hydroxylation sites is 2. The molecule has 0 aliphatic carbocycles. The highest BCUT2D eigenvalue weighted by Crippen LogP contribution is 2.36. The van der Waals surface area contributed by atoms with Crippen molar-refractivity contribution in [1.29, 1.82) is 0 Å². The first-order valence-electron chi connectivity index (χ1n) is 8.26. The molecule has 0 spiro atoms. The van der Waals surface area contributed by atoms with E-state index in [1.807, 2.05) is 28.8 Å². The summed E-state index contributed by atoms with van der Waals surface area (Å²) in [4.78, 5) is 3.08. The van der Waals surface area contributed by atoms with E-state index in [1.165, 1.54) is 11.3 Å². The van der Waals surface area contributed by atoms with Crippen LogP contribution in [0.5, 0.6) is 11.5 Å². The van der Waals surface area contributed by atoms with Gasteiger partial charge >= 0.3 is 0 Å². The molecule has 0 saturated carbocycles.